The Kier molecular flexibility index (Phi) is 5.34. The summed E-state index contributed by atoms with van der Waals surface area (Å²) in [5.74, 6) is 0.271. The predicted octanol–water partition coefficient (Wildman–Crippen LogP) is 3.00. The zero-order chi connectivity index (χ0) is 20.9. The summed E-state index contributed by atoms with van der Waals surface area (Å²) in [6.07, 6.45) is 4.45. The number of hydrogen-bond donors (Lipinski definition) is 0. The van der Waals surface area contributed by atoms with Gasteiger partial charge in [-0.1, -0.05) is 6.92 Å². The minimum Gasteiger partial charge on any atom is -0.444 e. The van der Waals surface area contributed by atoms with Crippen molar-refractivity contribution < 1.29 is 18.8 Å². The lowest BCUT2D eigenvalue weighted by molar-refractivity contribution is 0.00578. The third-order valence-electron chi connectivity index (χ3n) is 6.00. The quantitative estimate of drug-likeness (QED) is 0.726. The van der Waals surface area contributed by atoms with E-state index < -0.39 is 12.7 Å². The molecule has 2 fully saturated rings. The Morgan fingerprint density at radius 2 is 1.86 bits per heavy atom. The molecule has 2 aliphatic heterocycles. The second kappa shape index (κ2) is 7.06. The van der Waals surface area contributed by atoms with E-state index >= 15 is 0 Å². The molecule has 28 heavy (non-hydrogen) atoms. The summed E-state index contributed by atoms with van der Waals surface area (Å²) in [5.41, 5.74) is -0.283. The molecule has 2 unspecified atom stereocenters. The summed E-state index contributed by atoms with van der Waals surface area (Å²) >= 11 is 0. The zero-order valence-electron chi connectivity index (χ0n) is 18.5. The van der Waals surface area contributed by atoms with Crippen LogP contribution in [0.15, 0.2) is 12.4 Å². The SMILES string of the molecule is CC1CN(C(=O)OC(C)(C)C)CCC1n1cc(B2OC(C)(C)C(C)(C)O2)cn1. The monoisotopic (exact) mass is 391 g/mol. The van der Waals surface area contributed by atoms with E-state index in [1.165, 1.54) is 0 Å². The summed E-state index contributed by atoms with van der Waals surface area (Å²) in [6, 6.07) is 0.231. The molecule has 2 atom stereocenters. The Morgan fingerprint density at radius 3 is 2.39 bits per heavy atom. The lowest BCUT2D eigenvalue weighted by Gasteiger charge is -2.37. The Hall–Kier alpha value is -1.54. The highest BCUT2D eigenvalue weighted by molar-refractivity contribution is 6.62. The van der Waals surface area contributed by atoms with Gasteiger partial charge in [0.25, 0.3) is 0 Å². The van der Waals surface area contributed by atoms with Gasteiger partial charge in [-0.05, 0) is 60.8 Å². The average molecular weight is 391 g/mol. The molecular formula is C20H34BN3O4. The van der Waals surface area contributed by atoms with E-state index in [-0.39, 0.29) is 29.3 Å². The third kappa shape index (κ3) is 4.22. The smallest absolute Gasteiger partial charge is 0.444 e. The van der Waals surface area contributed by atoms with Crippen molar-refractivity contribution in [3.8, 4) is 0 Å². The fraction of sp³-hybridized carbons (Fsp3) is 0.800. The minimum atomic E-state index is -0.475. The van der Waals surface area contributed by atoms with Crippen molar-refractivity contribution in [3.05, 3.63) is 12.4 Å². The maximum atomic E-state index is 12.4. The molecule has 0 N–H and O–H groups in total. The van der Waals surface area contributed by atoms with Gasteiger partial charge in [0.2, 0.25) is 0 Å². The Labute approximate surface area is 168 Å². The highest BCUT2D eigenvalue weighted by Gasteiger charge is 2.52. The number of hydrogen-bond acceptors (Lipinski definition) is 5. The van der Waals surface area contributed by atoms with Gasteiger partial charge in [0.15, 0.2) is 0 Å². The number of nitrogens with zero attached hydrogens (tertiary/aromatic N) is 3. The number of piperidine rings is 1. The van der Waals surface area contributed by atoms with Crippen molar-refractivity contribution in [2.75, 3.05) is 13.1 Å². The second-order valence-electron chi connectivity index (χ2n) is 10.1. The molecule has 0 radical (unpaired) electrons. The number of aromatic nitrogens is 2. The molecule has 0 saturated carbocycles. The molecule has 0 aliphatic carbocycles. The molecule has 156 valence electrons. The first-order valence-electron chi connectivity index (χ1n) is 10.2. The number of ether oxygens (including phenoxy) is 1. The number of likely N-dealkylation sites (tertiary alicyclic amines) is 1. The number of rotatable bonds is 2. The normalized spacial score (nSPS) is 27.1. The molecule has 3 rings (SSSR count). The van der Waals surface area contributed by atoms with E-state index in [1.54, 1.807) is 4.90 Å². The van der Waals surface area contributed by atoms with Crippen molar-refractivity contribution in [2.24, 2.45) is 5.92 Å². The molecule has 2 saturated heterocycles. The fourth-order valence-corrected chi connectivity index (χ4v) is 3.65. The average Bonchev–Trinajstić information content (AvgIpc) is 3.08. The lowest BCUT2D eigenvalue weighted by Crippen LogP contribution is -2.45. The highest BCUT2D eigenvalue weighted by atomic mass is 16.7. The lowest BCUT2D eigenvalue weighted by atomic mass is 9.82. The maximum absolute atomic E-state index is 12.4. The summed E-state index contributed by atoms with van der Waals surface area (Å²) in [4.78, 5) is 14.1. The predicted molar refractivity (Wildman–Crippen MR) is 109 cm³/mol. The Bertz CT molecular complexity index is 709. The summed E-state index contributed by atoms with van der Waals surface area (Å²) in [6.45, 7) is 17.3. The van der Waals surface area contributed by atoms with Gasteiger partial charge >= 0.3 is 13.2 Å². The van der Waals surface area contributed by atoms with Crippen LogP contribution in [0.4, 0.5) is 4.79 Å². The molecule has 0 bridgehead atoms. The molecule has 8 heteroatoms. The van der Waals surface area contributed by atoms with Crippen LogP contribution >= 0.6 is 0 Å². The minimum absolute atomic E-state index is 0.231. The molecule has 1 aromatic rings. The standard InChI is InChI=1S/C20H34BN3O4/c1-14-12-23(17(25)26-18(2,3)4)10-9-16(14)24-13-15(11-22-24)21-27-19(5,6)20(7,8)28-21/h11,13-14,16H,9-10,12H2,1-8H3. The first-order chi connectivity index (χ1) is 12.8. The van der Waals surface area contributed by atoms with Crippen LogP contribution in [-0.4, -0.2) is 57.8 Å². The van der Waals surface area contributed by atoms with Gasteiger partial charge in [0.05, 0.1) is 17.2 Å². The van der Waals surface area contributed by atoms with Crippen molar-refractivity contribution >= 4 is 18.7 Å². The van der Waals surface area contributed by atoms with E-state index in [9.17, 15) is 4.79 Å². The molecule has 0 aromatic carbocycles. The van der Waals surface area contributed by atoms with E-state index in [0.717, 1.165) is 11.9 Å². The number of carbonyl (C=O) groups is 1. The molecule has 7 nitrogen and oxygen atoms in total. The van der Waals surface area contributed by atoms with Gasteiger partial charge in [-0.25, -0.2) is 4.79 Å². The van der Waals surface area contributed by atoms with Crippen LogP contribution in [-0.2, 0) is 14.0 Å². The van der Waals surface area contributed by atoms with Crippen LogP contribution in [0, 0.1) is 5.92 Å². The van der Waals surface area contributed by atoms with Crippen LogP contribution < -0.4 is 5.46 Å². The van der Waals surface area contributed by atoms with Crippen molar-refractivity contribution in [1.29, 1.82) is 0 Å². The highest BCUT2D eigenvalue weighted by Crippen LogP contribution is 2.36. The first-order valence-corrected chi connectivity index (χ1v) is 10.2. The van der Waals surface area contributed by atoms with Gasteiger partial charge in [-0.15, -0.1) is 0 Å². The summed E-state index contributed by atoms with van der Waals surface area (Å²) in [5, 5.41) is 4.58. The molecular weight excluding hydrogens is 357 g/mol. The Morgan fingerprint density at radius 1 is 1.25 bits per heavy atom. The number of carbonyl (C=O) groups excluding carboxylic acids is 1. The van der Waals surface area contributed by atoms with E-state index in [4.69, 9.17) is 14.0 Å². The largest absolute Gasteiger partial charge is 0.498 e. The fourth-order valence-electron chi connectivity index (χ4n) is 3.65. The second-order valence-corrected chi connectivity index (χ2v) is 10.1. The number of amides is 1. The van der Waals surface area contributed by atoms with Gasteiger partial charge in [0.1, 0.15) is 5.60 Å². The summed E-state index contributed by atoms with van der Waals surface area (Å²) < 4.78 is 19.8. The topological polar surface area (TPSA) is 65.8 Å². The van der Waals surface area contributed by atoms with Crippen molar-refractivity contribution in [3.63, 3.8) is 0 Å². The molecule has 1 aromatic heterocycles. The van der Waals surface area contributed by atoms with E-state index in [1.807, 2.05) is 65.5 Å². The van der Waals surface area contributed by atoms with Crippen LogP contribution in [0.5, 0.6) is 0 Å². The van der Waals surface area contributed by atoms with Crippen LogP contribution in [0.1, 0.15) is 67.9 Å². The van der Waals surface area contributed by atoms with Crippen LogP contribution in [0.25, 0.3) is 0 Å². The van der Waals surface area contributed by atoms with Gasteiger partial charge < -0.3 is 18.9 Å². The summed E-state index contributed by atoms with van der Waals surface area (Å²) in [7, 11) is -0.407. The van der Waals surface area contributed by atoms with Crippen LogP contribution in [0.3, 0.4) is 0 Å². The van der Waals surface area contributed by atoms with Gasteiger partial charge in [-0.3, -0.25) is 4.68 Å². The van der Waals surface area contributed by atoms with Gasteiger partial charge in [-0.2, -0.15) is 5.10 Å². The third-order valence-corrected chi connectivity index (χ3v) is 6.00. The van der Waals surface area contributed by atoms with E-state index in [2.05, 4.69) is 12.0 Å². The molecule has 3 heterocycles. The van der Waals surface area contributed by atoms with E-state index in [0.29, 0.717) is 13.1 Å². The molecule has 0 spiro atoms. The maximum Gasteiger partial charge on any atom is 0.498 e. The molecule has 1 amide bonds. The Balaban J connectivity index is 1.64. The molecule has 2 aliphatic rings. The zero-order valence-corrected chi connectivity index (χ0v) is 18.5. The van der Waals surface area contributed by atoms with Gasteiger partial charge in [0, 0.05) is 30.9 Å². The van der Waals surface area contributed by atoms with Crippen molar-refractivity contribution in [2.45, 2.75) is 84.7 Å². The first kappa shape index (κ1) is 21.2. The van der Waals surface area contributed by atoms with Crippen LogP contribution in [0.2, 0.25) is 0 Å². The van der Waals surface area contributed by atoms with Crippen molar-refractivity contribution in [1.82, 2.24) is 14.7 Å².